The zero-order valence-corrected chi connectivity index (χ0v) is 12.0. The molecule has 0 unspecified atom stereocenters. The number of hydrogen-bond donors (Lipinski definition) is 2. The molecule has 0 saturated heterocycles. The Morgan fingerprint density at radius 1 is 1.26 bits per heavy atom. The number of nitrogens with zero attached hydrogens (tertiary/aromatic N) is 1. The maximum atomic E-state index is 12.2. The average Bonchev–Trinajstić information content (AvgIpc) is 2.60. The van der Waals surface area contributed by atoms with Gasteiger partial charge in [-0.1, -0.05) is 28.4 Å². The summed E-state index contributed by atoms with van der Waals surface area (Å²) in [5.74, 6) is 0.508. The first-order chi connectivity index (χ1) is 8.79. The number of benzene rings is 1. The Kier molecular flexibility index (Phi) is 3.62. The van der Waals surface area contributed by atoms with Crippen LogP contribution in [0.15, 0.2) is 27.6 Å². The summed E-state index contributed by atoms with van der Waals surface area (Å²) in [6, 6.07) is 4.03. The van der Waals surface area contributed by atoms with Gasteiger partial charge < -0.3 is 10.3 Å². The van der Waals surface area contributed by atoms with Gasteiger partial charge in [-0.25, -0.2) is 8.42 Å². The third kappa shape index (κ3) is 2.94. The van der Waals surface area contributed by atoms with Gasteiger partial charge in [0, 0.05) is 11.8 Å². The molecule has 0 aliphatic carbocycles. The number of nitrogen functional groups attached to an aromatic ring is 1. The number of nitrogens with two attached hydrogens (primary N) is 1. The fraction of sp³-hybridized carbons (Fsp3) is 0.100. The number of nitrogens with one attached hydrogen (secondary N) is 1. The van der Waals surface area contributed by atoms with Crippen LogP contribution >= 0.6 is 23.2 Å². The molecule has 0 saturated carbocycles. The second-order valence-corrected chi connectivity index (χ2v) is 6.18. The van der Waals surface area contributed by atoms with E-state index < -0.39 is 10.0 Å². The lowest BCUT2D eigenvalue weighted by Crippen LogP contribution is -2.14. The first-order valence-electron chi connectivity index (χ1n) is 5.00. The van der Waals surface area contributed by atoms with E-state index in [1.165, 1.54) is 18.2 Å². The van der Waals surface area contributed by atoms with Crippen molar-refractivity contribution in [3.8, 4) is 0 Å². The third-order valence-corrected chi connectivity index (χ3v) is 4.43. The number of rotatable bonds is 3. The van der Waals surface area contributed by atoms with E-state index in [1.54, 1.807) is 6.92 Å². The molecule has 2 rings (SSSR count). The fourth-order valence-corrected chi connectivity index (χ4v) is 3.66. The highest BCUT2D eigenvalue weighted by atomic mass is 35.5. The molecule has 2 aromatic rings. The van der Waals surface area contributed by atoms with E-state index in [9.17, 15) is 8.42 Å². The fourth-order valence-electron chi connectivity index (χ4n) is 1.44. The van der Waals surface area contributed by atoms with Crippen molar-refractivity contribution in [3.05, 3.63) is 34.0 Å². The first-order valence-corrected chi connectivity index (χ1v) is 7.24. The first kappa shape index (κ1) is 14.0. The lowest BCUT2D eigenvalue weighted by molar-refractivity contribution is 0.400. The van der Waals surface area contributed by atoms with Gasteiger partial charge in [-0.15, -0.1) is 0 Å². The zero-order chi connectivity index (χ0) is 14.2. The summed E-state index contributed by atoms with van der Waals surface area (Å²) in [6.45, 7) is 1.63. The van der Waals surface area contributed by atoms with Gasteiger partial charge in [-0.2, -0.15) is 0 Å². The summed E-state index contributed by atoms with van der Waals surface area (Å²) in [5, 5.41) is 3.38. The van der Waals surface area contributed by atoms with E-state index in [4.69, 9.17) is 33.5 Å². The van der Waals surface area contributed by atoms with Crippen LogP contribution in [-0.2, 0) is 10.0 Å². The van der Waals surface area contributed by atoms with Crippen molar-refractivity contribution in [1.82, 2.24) is 5.16 Å². The van der Waals surface area contributed by atoms with Crippen LogP contribution in [0.5, 0.6) is 0 Å². The zero-order valence-electron chi connectivity index (χ0n) is 9.65. The van der Waals surface area contributed by atoms with Gasteiger partial charge in [-0.05, 0) is 19.1 Å². The SMILES string of the molecule is Cc1cc(NS(=O)(=O)c2c(Cl)cc(N)cc2Cl)no1. The molecule has 6 nitrogen and oxygen atoms in total. The number of aryl methyl sites for hydroxylation is 1. The number of sulfonamides is 1. The maximum Gasteiger partial charge on any atom is 0.266 e. The number of halogens is 2. The molecule has 0 amide bonds. The minimum absolute atomic E-state index is 0.0430. The van der Waals surface area contributed by atoms with Gasteiger partial charge in [0.2, 0.25) is 0 Å². The van der Waals surface area contributed by atoms with E-state index >= 15 is 0 Å². The Morgan fingerprint density at radius 2 is 1.84 bits per heavy atom. The summed E-state index contributed by atoms with van der Waals surface area (Å²) in [5.41, 5.74) is 5.79. The van der Waals surface area contributed by atoms with E-state index in [0.29, 0.717) is 5.76 Å². The highest BCUT2D eigenvalue weighted by Crippen LogP contribution is 2.32. The Hall–Kier alpha value is -1.44. The summed E-state index contributed by atoms with van der Waals surface area (Å²) in [6.07, 6.45) is 0. The molecule has 3 N–H and O–H groups in total. The van der Waals surface area contributed by atoms with Crippen LogP contribution in [0.2, 0.25) is 10.0 Å². The van der Waals surface area contributed by atoms with E-state index in [1.807, 2.05) is 0 Å². The Bertz CT molecular complexity index is 704. The van der Waals surface area contributed by atoms with Gasteiger partial charge in [0.1, 0.15) is 10.7 Å². The van der Waals surface area contributed by atoms with Crippen molar-refractivity contribution in [2.24, 2.45) is 0 Å². The van der Waals surface area contributed by atoms with E-state index in [-0.39, 0.29) is 26.4 Å². The van der Waals surface area contributed by atoms with Crippen molar-refractivity contribution in [3.63, 3.8) is 0 Å². The standard InChI is InChI=1S/C10H9Cl2N3O3S/c1-5-2-9(14-18-5)15-19(16,17)10-7(11)3-6(13)4-8(10)12/h2-4H,13H2,1H3,(H,14,15). The Balaban J connectivity index is 2.45. The molecular weight excluding hydrogens is 313 g/mol. The molecule has 0 spiro atoms. The smallest absolute Gasteiger partial charge is 0.266 e. The van der Waals surface area contributed by atoms with Crippen LogP contribution in [0.4, 0.5) is 11.5 Å². The number of aromatic nitrogens is 1. The van der Waals surface area contributed by atoms with Crippen LogP contribution < -0.4 is 10.5 Å². The molecule has 0 radical (unpaired) electrons. The van der Waals surface area contributed by atoms with E-state index in [0.717, 1.165) is 0 Å². The molecule has 0 fully saturated rings. The largest absolute Gasteiger partial charge is 0.399 e. The van der Waals surface area contributed by atoms with Crippen molar-refractivity contribution in [2.75, 3.05) is 10.5 Å². The van der Waals surface area contributed by atoms with Gasteiger partial charge in [0.15, 0.2) is 5.82 Å². The molecule has 19 heavy (non-hydrogen) atoms. The Morgan fingerprint density at radius 3 is 2.32 bits per heavy atom. The minimum atomic E-state index is -3.97. The normalized spacial score (nSPS) is 11.5. The topological polar surface area (TPSA) is 98.2 Å². The Labute approximate surface area is 119 Å². The highest BCUT2D eigenvalue weighted by molar-refractivity contribution is 7.93. The molecule has 1 aromatic heterocycles. The quantitative estimate of drug-likeness (QED) is 0.847. The maximum absolute atomic E-state index is 12.2. The minimum Gasteiger partial charge on any atom is -0.399 e. The van der Waals surface area contributed by atoms with Crippen molar-refractivity contribution >= 4 is 44.7 Å². The predicted molar refractivity (Wildman–Crippen MR) is 72.9 cm³/mol. The van der Waals surface area contributed by atoms with Crippen LogP contribution in [0.25, 0.3) is 0 Å². The second kappa shape index (κ2) is 4.92. The second-order valence-electron chi connectivity index (χ2n) is 3.74. The molecule has 1 aromatic carbocycles. The lowest BCUT2D eigenvalue weighted by atomic mass is 10.3. The molecule has 0 bridgehead atoms. The molecule has 0 aliphatic heterocycles. The monoisotopic (exact) mass is 321 g/mol. The summed E-state index contributed by atoms with van der Waals surface area (Å²) in [7, 11) is -3.97. The summed E-state index contributed by atoms with van der Waals surface area (Å²) < 4.78 is 31.3. The molecule has 102 valence electrons. The number of anilines is 2. The van der Waals surface area contributed by atoms with Gasteiger partial charge in [-0.3, -0.25) is 4.72 Å². The van der Waals surface area contributed by atoms with Crippen LogP contribution in [0, 0.1) is 6.92 Å². The van der Waals surface area contributed by atoms with Crippen LogP contribution in [-0.4, -0.2) is 13.6 Å². The lowest BCUT2D eigenvalue weighted by Gasteiger charge is -2.09. The predicted octanol–water partition coefficient (Wildman–Crippen LogP) is 2.67. The van der Waals surface area contributed by atoms with E-state index in [2.05, 4.69) is 9.88 Å². The van der Waals surface area contributed by atoms with Gasteiger partial charge >= 0.3 is 0 Å². The molecular formula is C10H9Cl2N3O3S. The molecule has 9 heteroatoms. The number of hydrogen-bond acceptors (Lipinski definition) is 5. The van der Waals surface area contributed by atoms with Gasteiger partial charge in [0.05, 0.1) is 10.0 Å². The van der Waals surface area contributed by atoms with Crippen molar-refractivity contribution < 1.29 is 12.9 Å². The summed E-state index contributed by atoms with van der Waals surface area (Å²) in [4.78, 5) is -0.259. The summed E-state index contributed by atoms with van der Waals surface area (Å²) >= 11 is 11.7. The third-order valence-electron chi connectivity index (χ3n) is 2.16. The molecule has 0 aliphatic rings. The van der Waals surface area contributed by atoms with Gasteiger partial charge in [0.25, 0.3) is 10.0 Å². The molecule has 1 heterocycles. The molecule has 0 atom stereocenters. The van der Waals surface area contributed by atoms with Crippen molar-refractivity contribution in [1.29, 1.82) is 0 Å². The van der Waals surface area contributed by atoms with Crippen LogP contribution in [0.1, 0.15) is 5.76 Å². The average molecular weight is 322 g/mol. The highest BCUT2D eigenvalue weighted by Gasteiger charge is 2.23. The van der Waals surface area contributed by atoms with Crippen LogP contribution in [0.3, 0.4) is 0 Å². The van der Waals surface area contributed by atoms with Crippen molar-refractivity contribution in [2.45, 2.75) is 11.8 Å².